The van der Waals surface area contributed by atoms with Gasteiger partial charge in [-0.15, -0.1) is 0 Å². The van der Waals surface area contributed by atoms with Crippen LogP contribution < -0.4 is 11.0 Å². The van der Waals surface area contributed by atoms with Crippen LogP contribution in [0.25, 0.3) is 0 Å². The summed E-state index contributed by atoms with van der Waals surface area (Å²) in [6, 6.07) is 0.540. The third kappa shape index (κ3) is 4.69. The van der Waals surface area contributed by atoms with Crippen LogP contribution in [-0.4, -0.2) is 21.7 Å². The van der Waals surface area contributed by atoms with Crippen molar-refractivity contribution in [3.63, 3.8) is 0 Å². The summed E-state index contributed by atoms with van der Waals surface area (Å²) in [5, 5.41) is 3.47. The molecule has 0 aliphatic heterocycles. The van der Waals surface area contributed by atoms with Crippen molar-refractivity contribution < 1.29 is 0 Å². The van der Waals surface area contributed by atoms with Crippen molar-refractivity contribution in [1.29, 1.82) is 0 Å². The van der Waals surface area contributed by atoms with E-state index in [0.717, 1.165) is 38.9 Å². The molecule has 0 bridgehead atoms. The number of aromatic nitrogens is 2. The number of hydrogen-bond donors (Lipinski definition) is 1. The molecule has 0 aliphatic rings. The van der Waals surface area contributed by atoms with E-state index in [0.29, 0.717) is 6.04 Å². The summed E-state index contributed by atoms with van der Waals surface area (Å²) in [5.41, 5.74) is 0.131. The minimum Gasteiger partial charge on any atom is -0.314 e. The van der Waals surface area contributed by atoms with Gasteiger partial charge >= 0.3 is 5.69 Å². The fraction of sp³-hybridized carbons (Fsp3) is 0.786. The molecule has 0 amide bonds. The summed E-state index contributed by atoms with van der Waals surface area (Å²) in [6.07, 6.45) is 8.14. The van der Waals surface area contributed by atoms with E-state index in [1.54, 1.807) is 4.57 Å². The summed E-state index contributed by atoms with van der Waals surface area (Å²) >= 11 is 0. The first kappa shape index (κ1) is 15.0. The molecule has 1 unspecified atom stereocenters. The van der Waals surface area contributed by atoms with Crippen LogP contribution in [-0.2, 0) is 13.1 Å². The summed E-state index contributed by atoms with van der Waals surface area (Å²) in [5.74, 6) is 0. The quantitative estimate of drug-likeness (QED) is 0.733. The van der Waals surface area contributed by atoms with Crippen molar-refractivity contribution in [3.05, 3.63) is 22.9 Å². The molecular weight excluding hydrogens is 226 g/mol. The predicted octanol–water partition coefficient (Wildman–Crippen LogP) is 2.23. The normalized spacial score (nSPS) is 12.8. The lowest BCUT2D eigenvalue weighted by molar-refractivity contribution is 0.470. The molecule has 1 N–H and O–H groups in total. The van der Waals surface area contributed by atoms with Gasteiger partial charge in [0.15, 0.2) is 0 Å². The molecule has 18 heavy (non-hydrogen) atoms. The highest BCUT2D eigenvalue weighted by atomic mass is 16.1. The Kier molecular flexibility index (Phi) is 6.80. The predicted molar refractivity (Wildman–Crippen MR) is 76.0 cm³/mol. The SMILES string of the molecule is CCCNC(C)CCCn1ccn(CCC)c1=O. The molecule has 1 heterocycles. The van der Waals surface area contributed by atoms with Gasteiger partial charge in [-0.1, -0.05) is 13.8 Å². The lowest BCUT2D eigenvalue weighted by Gasteiger charge is -2.12. The molecule has 1 rings (SSSR count). The second-order valence-corrected chi connectivity index (χ2v) is 4.96. The number of hydrogen-bond acceptors (Lipinski definition) is 2. The Morgan fingerprint density at radius 2 is 1.83 bits per heavy atom. The lowest BCUT2D eigenvalue weighted by atomic mass is 10.2. The summed E-state index contributed by atoms with van der Waals surface area (Å²) in [6.45, 7) is 9.20. The highest BCUT2D eigenvalue weighted by Gasteiger charge is 2.04. The van der Waals surface area contributed by atoms with Gasteiger partial charge in [0.25, 0.3) is 0 Å². The molecular formula is C14H27N3O. The molecule has 1 atom stereocenters. The first-order valence-electron chi connectivity index (χ1n) is 7.18. The number of nitrogens with zero attached hydrogens (tertiary/aromatic N) is 2. The zero-order valence-electron chi connectivity index (χ0n) is 12.0. The van der Waals surface area contributed by atoms with E-state index in [2.05, 4.69) is 26.1 Å². The number of imidazole rings is 1. The first-order valence-corrected chi connectivity index (χ1v) is 7.18. The van der Waals surface area contributed by atoms with E-state index in [-0.39, 0.29) is 5.69 Å². The molecule has 0 saturated heterocycles. The Morgan fingerprint density at radius 1 is 1.17 bits per heavy atom. The number of nitrogens with one attached hydrogen (secondary N) is 1. The van der Waals surface area contributed by atoms with Crippen LogP contribution in [0.1, 0.15) is 46.5 Å². The maximum Gasteiger partial charge on any atom is 0.328 e. The molecule has 1 aromatic rings. The monoisotopic (exact) mass is 253 g/mol. The second kappa shape index (κ2) is 8.14. The largest absolute Gasteiger partial charge is 0.328 e. The van der Waals surface area contributed by atoms with E-state index >= 15 is 0 Å². The van der Waals surface area contributed by atoms with E-state index in [9.17, 15) is 4.79 Å². The average molecular weight is 253 g/mol. The molecule has 0 aromatic carbocycles. The minimum absolute atomic E-state index is 0.131. The highest BCUT2D eigenvalue weighted by Crippen LogP contribution is 1.99. The molecule has 4 heteroatoms. The zero-order valence-corrected chi connectivity index (χ0v) is 12.0. The van der Waals surface area contributed by atoms with Crippen LogP contribution in [0.4, 0.5) is 0 Å². The van der Waals surface area contributed by atoms with Crippen molar-refractivity contribution in [3.8, 4) is 0 Å². The van der Waals surface area contributed by atoms with E-state index in [4.69, 9.17) is 0 Å². The van der Waals surface area contributed by atoms with Crippen LogP contribution >= 0.6 is 0 Å². The third-order valence-corrected chi connectivity index (χ3v) is 3.16. The molecule has 104 valence electrons. The Morgan fingerprint density at radius 3 is 2.44 bits per heavy atom. The Hall–Kier alpha value is -1.03. The van der Waals surface area contributed by atoms with Crippen LogP contribution in [0.15, 0.2) is 17.2 Å². The molecule has 0 radical (unpaired) electrons. The lowest BCUT2D eigenvalue weighted by Crippen LogP contribution is -2.28. The van der Waals surface area contributed by atoms with Gasteiger partial charge in [-0.3, -0.25) is 9.13 Å². The van der Waals surface area contributed by atoms with Crippen LogP contribution in [0.5, 0.6) is 0 Å². The standard InChI is InChI=1S/C14H27N3O/c1-4-8-15-13(3)7-6-10-17-12-11-16(9-5-2)14(17)18/h11-13,15H,4-10H2,1-3H3. The summed E-state index contributed by atoms with van der Waals surface area (Å²) < 4.78 is 3.61. The van der Waals surface area contributed by atoms with Crippen LogP contribution in [0.3, 0.4) is 0 Å². The molecule has 0 fully saturated rings. The third-order valence-electron chi connectivity index (χ3n) is 3.16. The average Bonchev–Trinajstić information content (AvgIpc) is 2.70. The van der Waals surface area contributed by atoms with Crippen LogP contribution in [0.2, 0.25) is 0 Å². The number of rotatable bonds is 9. The molecule has 4 nitrogen and oxygen atoms in total. The Bertz CT molecular complexity index is 381. The van der Waals surface area contributed by atoms with Crippen molar-refractivity contribution in [2.45, 2.75) is 65.6 Å². The van der Waals surface area contributed by atoms with Crippen molar-refractivity contribution in [2.75, 3.05) is 6.54 Å². The van der Waals surface area contributed by atoms with Gasteiger partial charge in [0, 0.05) is 31.5 Å². The second-order valence-electron chi connectivity index (χ2n) is 4.96. The Labute approximate surface area is 110 Å². The molecule has 0 aliphatic carbocycles. The smallest absolute Gasteiger partial charge is 0.314 e. The van der Waals surface area contributed by atoms with Gasteiger partial charge < -0.3 is 5.32 Å². The van der Waals surface area contributed by atoms with Gasteiger partial charge in [-0.2, -0.15) is 0 Å². The zero-order chi connectivity index (χ0) is 13.4. The summed E-state index contributed by atoms with van der Waals surface area (Å²) in [7, 11) is 0. The van der Waals surface area contributed by atoms with E-state index in [1.165, 1.54) is 6.42 Å². The van der Waals surface area contributed by atoms with E-state index in [1.807, 2.05) is 17.0 Å². The maximum atomic E-state index is 11.9. The fourth-order valence-corrected chi connectivity index (χ4v) is 2.10. The maximum absolute atomic E-state index is 11.9. The van der Waals surface area contributed by atoms with Crippen molar-refractivity contribution in [1.82, 2.24) is 14.5 Å². The first-order chi connectivity index (χ1) is 8.69. The van der Waals surface area contributed by atoms with Gasteiger partial charge in [-0.05, 0) is 39.2 Å². The van der Waals surface area contributed by atoms with Gasteiger partial charge in [-0.25, -0.2) is 4.79 Å². The Balaban J connectivity index is 2.33. The number of aryl methyl sites for hydroxylation is 2. The van der Waals surface area contributed by atoms with Crippen molar-refractivity contribution in [2.24, 2.45) is 0 Å². The van der Waals surface area contributed by atoms with E-state index < -0.39 is 0 Å². The molecule has 1 aromatic heterocycles. The minimum atomic E-state index is 0.131. The van der Waals surface area contributed by atoms with Crippen molar-refractivity contribution >= 4 is 0 Å². The fourth-order valence-electron chi connectivity index (χ4n) is 2.10. The van der Waals surface area contributed by atoms with Gasteiger partial charge in [0.1, 0.15) is 0 Å². The topological polar surface area (TPSA) is 39.0 Å². The van der Waals surface area contributed by atoms with Gasteiger partial charge in [0.05, 0.1) is 0 Å². The summed E-state index contributed by atoms with van der Waals surface area (Å²) in [4.78, 5) is 11.9. The van der Waals surface area contributed by atoms with Gasteiger partial charge in [0.2, 0.25) is 0 Å². The highest BCUT2D eigenvalue weighted by molar-refractivity contribution is 4.81. The molecule has 0 saturated carbocycles. The van der Waals surface area contributed by atoms with Crippen LogP contribution in [0, 0.1) is 0 Å². The molecule has 0 spiro atoms.